The first-order valence-electron chi connectivity index (χ1n) is 7.08. The number of carbonyl (C=O) groups is 2. The largest absolute Gasteiger partial charge is 0.480 e. The molecule has 6 nitrogen and oxygen atoms in total. The first-order valence-corrected chi connectivity index (χ1v) is 7.08. The minimum Gasteiger partial charge on any atom is -0.480 e. The van der Waals surface area contributed by atoms with E-state index in [9.17, 15) is 9.59 Å². The van der Waals surface area contributed by atoms with Crippen LogP contribution in [0.5, 0.6) is 0 Å². The molecule has 1 saturated heterocycles. The topological polar surface area (TPSA) is 84.9 Å². The molecule has 1 heterocycles. The molecular weight excluding hydrogens is 262 g/mol. The van der Waals surface area contributed by atoms with Crippen molar-refractivity contribution in [1.29, 1.82) is 0 Å². The van der Waals surface area contributed by atoms with Crippen LogP contribution in [0.1, 0.15) is 46.5 Å². The van der Waals surface area contributed by atoms with E-state index in [0.717, 1.165) is 32.5 Å². The number of ether oxygens (including phenoxy) is 2. The van der Waals surface area contributed by atoms with E-state index in [-0.39, 0.29) is 0 Å². The van der Waals surface area contributed by atoms with Gasteiger partial charge in [0.05, 0.1) is 0 Å². The lowest BCUT2D eigenvalue weighted by Crippen LogP contribution is -2.43. The Balaban J connectivity index is 2.39. The highest BCUT2D eigenvalue weighted by atomic mass is 16.6. The predicted molar refractivity (Wildman–Crippen MR) is 73.6 cm³/mol. The van der Waals surface area contributed by atoms with Crippen LogP contribution in [0.4, 0.5) is 4.79 Å². The summed E-state index contributed by atoms with van der Waals surface area (Å²) in [4.78, 5) is 22.8. The molecular formula is C14H25NO5. The summed E-state index contributed by atoms with van der Waals surface area (Å²) in [6.45, 7) is 6.70. The predicted octanol–water partition coefficient (Wildman–Crippen LogP) is 2.17. The van der Waals surface area contributed by atoms with Gasteiger partial charge in [0.15, 0.2) is 0 Å². The zero-order valence-corrected chi connectivity index (χ0v) is 12.5. The molecule has 1 aliphatic rings. The Morgan fingerprint density at radius 3 is 2.45 bits per heavy atom. The van der Waals surface area contributed by atoms with Crippen LogP contribution >= 0.6 is 0 Å². The first kappa shape index (κ1) is 16.8. The summed E-state index contributed by atoms with van der Waals surface area (Å²) in [5, 5.41) is 11.6. The van der Waals surface area contributed by atoms with Gasteiger partial charge in [-0.1, -0.05) is 0 Å². The van der Waals surface area contributed by atoms with Gasteiger partial charge in [-0.15, -0.1) is 0 Å². The molecule has 0 aromatic carbocycles. The van der Waals surface area contributed by atoms with Crippen molar-refractivity contribution in [3.8, 4) is 0 Å². The summed E-state index contributed by atoms with van der Waals surface area (Å²) < 4.78 is 10.3. The van der Waals surface area contributed by atoms with Crippen LogP contribution in [0.25, 0.3) is 0 Å². The minimum absolute atomic E-state index is 0.416. The van der Waals surface area contributed by atoms with Crippen molar-refractivity contribution in [2.24, 2.45) is 5.92 Å². The van der Waals surface area contributed by atoms with Crippen LogP contribution in [0.2, 0.25) is 0 Å². The summed E-state index contributed by atoms with van der Waals surface area (Å²) in [6.07, 6.45) is 2.42. The summed E-state index contributed by atoms with van der Waals surface area (Å²) in [7, 11) is 0. The molecule has 6 heteroatoms. The molecule has 1 amide bonds. The second-order valence-electron chi connectivity index (χ2n) is 6.17. The molecule has 1 aliphatic heterocycles. The monoisotopic (exact) mass is 287 g/mol. The van der Waals surface area contributed by atoms with E-state index in [0.29, 0.717) is 12.3 Å². The van der Waals surface area contributed by atoms with Crippen LogP contribution < -0.4 is 5.32 Å². The Labute approximate surface area is 119 Å². The molecule has 20 heavy (non-hydrogen) atoms. The zero-order valence-electron chi connectivity index (χ0n) is 12.5. The number of carboxylic acids is 1. The molecule has 1 fully saturated rings. The second kappa shape index (κ2) is 7.47. The van der Waals surface area contributed by atoms with Gasteiger partial charge in [-0.25, -0.2) is 9.59 Å². The summed E-state index contributed by atoms with van der Waals surface area (Å²) in [5.41, 5.74) is -0.631. The maximum Gasteiger partial charge on any atom is 0.408 e. The fourth-order valence-corrected chi connectivity index (χ4v) is 2.14. The smallest absolute Gasteiger partial charge is 0.408 e. The second-order valence-corrected chi connectivity index (χ2v) is 6.17. The molecule has 0 aromatic heterocycles. The zero-order chi connectivity index (χ0) is 15.2. The van der Waals surface area contributed by atoms with Gasteiger partial charge < -0.3 is 19.9 Å². The van der Waals surface area contributed by atoms with Crippen LogP contribution in [-0.4, -0.2) is 42.0 Å². The molecule has 0 aliphatic carbocycles. The number of carboxylic acid groups (broad SMARTS) is 1. The van der Waals surface area contributed by atoms with Crippen molar-refractivity contribution in [3.05, 3.63) is 0 Å². The lowest BCUT2D eigenvalue weighted by Gasteiger charge is -2.25. The third kappa shape index (κ3) is 6.75. The van der Waals surface area contributed by atoms with Crippen LogP contribution in [0, 0.1) is 5.92 Å². The molecule has 0 saturated carbocycles. The van der Waals surface area contributed by atoms with Crippen LogP contribution in [-0.2, 0) is 14.3 Å². The Morgan fingerprint density at radius 2 is 1.95 bits per heavy atom. The van der Waals surface area contributed by atoms with Gasteiger partial charge in [-0.2, -0.15) is 0 Å². The molecule has 1 atom stereocenters. The number of amides is 1. The van der Waals surface area contributed by atoms with Gasteiger partial charge in [0.25, 0.3) is 0 Å². The van der Waals surface area contributed by atoms with Crippen LogP contribution in [0.3, 0.4) is 0 Å². The summed E-state index contributed by atoms with van der Waals surface area (Å²) in [6, 6.07) is -0.896. The van der Waals surface area contributed by atoms with Gasteiger partial charge in [-0.3, -0.25) is 0 Å². The summed E-state index contributed by atoms with van der Waals surface area (Å²) >= 11 is 0. The average molecular weight is 287 g/mol. The fourth-order valence-electron chi connectivity index (χ4n) is 2.14. The van der Waals surface area contributed by atoms with Crippen molar-refractivity contribution < 1.29 is 24.2 Å². The van der Waals surface area contributed by atoms with E-state index < -0.39 is 23.7 Å². The lowest BCUT2D eigenvalue weighted by atomic mass is 9.93. The number of alkyl carbamates (subject to hydrolysis) is 1. The average Bonchev–Trinajstić information content (AvgIpc) is 2.33. The number of carbonyl (C=O) groups excluding carboxylic acids is 1. The Kier molecular flexibility index (Phi) is 6.26. The highest BCUT2D eigenvalue weighted by molar-refractivity contribution is 5.79. The lowest BCUT2D eigenvalue weighted by molar-refractivity contribution is -0.139. The Morgan fingerprint density at radius 1 is 1.35 bits per heavy atom. The van der Waals surface area contributed by atoms with E-state index in [1.807, 2.05) is 0 Å². The highest BCUT2D eigenvalue weighted by Gasteiger charge is 2.25. The van der Waals surface area contributed by atoms with Gasteiger partial charge in [0, 0.05) is 13.2 Å². The maximum absolute atomic E-state index is 11.6. The number of nitrogens with one attached hydrogen (secondary N) is 1. The van der Waals surface area contributed by atoms with Crippen molar-refractivity contribution in [1.82, 2.24) is 5.32 Å². The van der Waals surface area contributed by atoms with Gasteiger partial charge in [-0.05, 0) is 52.4 Å². The molecule has 0 bridgehead atoms. The van der Waals surface area contributed by atoms with E-state index in [4.69, 9.17) is 14.6 Å². The molecule has 2 N–H and O–H groups in total. The third-order valence-corrected chi connectivity index (χ3v) is 3.19. The minimum atomic E-state index is -1.03. The maximum atomic E-state index is 11.6. The molecule has 1 rings (SSSR count). The molecule has 0 aromatic rings. The first-order chi connectivity index (χ1) is 9.28. The van der Waals surface area contributed by atoms with Crippen molar-refractivity contribution in [2.75, 3.05) is 13.2 Å². The molecule has 116 valence electrons. The SMILES string of the molecule is CC(C)(C)OC(=O)N[C@@H](CCC1CCOCC1)C(=O)O. The van der Waals surface area contributed by atoms with Crippen molar-refractivity contribution >= 4 is 12.1 Å². The molecule has 0 radical (unpaired) electrons. The molecule has 0 spiro atoms. The fraction of sp³-hybridized carbons (Fsp3) is 0.857. The van der Waals surface area contributed by atoms with Gasteiger partial charge in [0.1, 0.15) is 11.6 Å². The van der Waals surface area contributed by atoms with E-state index in [1.165, 1.54) is 0 Å². The number of rotatable bonds is 5. The van der Waals surface area contributed by atoms with Crippen molar-refractivity contribution in [3.63, 3.8) is 0 Å². The number of hydrogen-bond acceptors (Lipinski definition) is 4. The number of aliphatic carboxylic acids is 1. The highest BCUT2D eigenvalue weighted by Crippen LogP contribution is 2.21. The van der Waals surface area contributed by atoms with Crippen molar-refractivity contribution in [2.45, 2.75) is 58.1 Å². The van der Waals surface area contributed by atoms with Crippen LogP contribution in [0.15, 0.2) is 0 Å². The van der Waals surface area contributed by atoms with E-state index >= 15 is 0 Å². The Hall–Kier alpha value is -1.30. The van der Waals surface area contributed by atoms with E-state index in [2.05, 4.69) is 5.32 Å². The Bertz CT molecular complexity index is 331. The normalized spacial score (nSPS) is 18.4. The molecule has 0 unspecified atom stereocenters. The van der Waals surface area contributed by atoms with E-state index in [1.54, 1.807) is 20.8 Å². The summed E-state index contributed by atoms with van der Waals surface area (Å²) in [5.74, 6) is -0.547. The number of hydrogen-bond donors (Lipinski definition) is 2. The third-order valence-electron chi connectivity index (χ3n) is 3.19. The van der Waals surface area contributed by atoms with Gasteiger partial charge >= 0.3 is 12.1 Å². The van der Waals surface area contributed by atoms with Gasteiger partial charge in [0.2, 0.25) is 0 Å². The quantitative estimate of drug-likeness (QED) is 0.809. The standard InChI is InChI=1S/C14H25NO5/c1-14(2,3)20-13(18)15-11(12(16)17)5-4-10-6-8-19-9-7-10/h10-11H,4-9H2,1-3H3,(H,15,18)(H,16,17)/t11-/m0/s1.